The van der Waals surface area contributed by atoms with Gasteiger partial charge in [0.25, 0.3) is 0 Å². The minimum Gasteiger partial charge on any atom is -0.481 e. The summed E-state index contributed by atoms with van der Waals surface area (Å²) in [5.74, 6) is -2.61. The number of hydrogen-bond acceptors (Lipinski definition) is 4. The summed E-state index contributed by atoms with van der Waals surface area (Å²) >= 11 is 0. The second kappa shape index (κ2) is 5.98. The molecule has 0 aromatic heterocycles. The lowest BCUT2D eigenvalue weighted by Crippen LogP contribution is -2.57. The Kier molecular flexibility index (Phi) is 4.29. The fraction of sp³-hybridized carbons (Fsp3) is 0.667. The molecule has 2 fully saturated rings. The Morgan fingerprint density at radius 1 is 1.29 bits per heavy atom. The molecule has 0 aliphatic carbocycles. The van der Waals surface area contributed by atoms with Crippen LogP contribution < -0.4 is 5.32 Å². The smallest absolute Gasteiger partial charge is 0.326 e. The zero-order chi connectivity index (χ0) is 15.6. The first-order valence-corrected chi connectivity index (χ1v) is 6.68. The Bertz CT molecular complexity index is 480. The zero-order valence-electron chi connectivity index (χ0n) is 11.3. The first-order valence-electron chi connectivity index (χ1n) is 6.68. The number of aliphatic carboxylic acids is 2. The molecule has 9 heteroatoms. The number of nitrogens with one attached hydrogen (secondary N) is 1. The number of hydrogen-bond donors (Lipinski definition) is 3. The van der Waals surface area contributed by atoms with Gasteiger partial charge in [0.1, 0.15) is 6.04 Å². The van der Waals surface area contributed by atoms with Gasteiger partial charge in [-0.1, -0.05) is 0 Å². The molecule has 2 heterocycles. The lowest BCUT2D eigenvalue weighted by atomic mass is 10.1. The van der Waals surface area contributed by atoms with Gasteiger partial charge in [-0.3, -0.25) is 9.59 Å². The largest absolute Gasteiger partial charge is 0.481 e. The highest BCUT2D eigenvalue weighted by atomic mass is 16.4. The second-order valence-electron chi connectivity index (χ2n) is 5.16. The summed E-state index contributed by atoms with van der Waals surface area (Å²) in [4.78, 5) is 48.2. The van der Waals surface area contributed by atoms with Gasteiger partial charge in [-0.15, -0.1) is 0 Å². The first-order chi connectivity index (χ1) is 9.88. The SMILES string of the molecule is O=C(O)C[C@H](NC(=O)N1CCN2C(=O)CCC2C1)C(=O)O. The monoisotopic (exact) mass is 299 g/mol. The average Bonchev–Trinajstić information content (AvgIpc) is 2.78. The van der Waals surface area contributed by atoms with Gasteiger partial charge in [-0.05, 0) is 6.42 Å². The van der Waals surface area contributed by atoms with Crippen LogP contribution in [-0.2, 0) is 14.4 Å². The Morgan fingerprint density at radius 2 is 2.00 bits per heavy atom. The molecule has 116 valence electrons. The van der Waals surface area contributed by atoms with Gasteiger partial charge in [0.15, 0.2) is 0 Å². The molecule has 2 saturated heterocycles. The van der Waals surface area contributed by atoms with Gasteiger partial charge in [0.2, 0.25) is 5.91 Å². The zero-order valence-corrected chi connectivity index (χ0v) is 11.3. The Hall–Kier alpha value is -2.32. The van der Waals surface area contributed by atoms with Crippen LogP contribution in [0.3, 0.4) is 0 Å². The number of carbonyl (C=O) groups excluding carboxylic acids is 2. The summed E-state index contributed by atoms with van der Waals surface area (Å²) < 4.78 is 0. The van der Waals surface area contributed by atoms with Crippen molar-refractivity contribution in [2.45, 2.75) is 31.3 Å². The number of carbonyl (C=O) groups is 4. The molecule has 0 aromatic carbocycles. The van der Waals surface area contributed by atoms with Crippen molar-refractivity contribution < 1.29 is 29.4 Å². The molecule has 21 heavy (non-hydrogen) atoms. The molecule has 0 spiro atoms. The number of fused-ring (bicyclic) bond motifs is 1. The molecule has 0 aromatic rings. The highest BCUT2D eigenvalue weighted by Crippen LogP contribution is 2.22. The van der Waals surface area contributed by atoms with E-state index in [4.69, 9.17) is 10.2 Å². The van der Waals surface area contributed by atoms with E-state index >= 15 is 0 Å². The van der Waals surface area contributed by atoms with E-state index in [0.29, 0.717) is 32.5 Å². The number of amides is 3. The maximum absolute atomic E-state index is 12.0. The molecule has 2 rings (SSSR count). The molecule has 9 nitrogen and oxygen atoms in total. The van der Waals surface area contributed by atoms with Gasteiger partial charge in [0, 0.05) is 32.1 Å². The van der Waals surface area contributed by atoms with Crippen LogP contribution >= 0.6 is 0 Å². The van der Waals surface area contributed by atoms with Crippen molar-refractivity contribution in [1.82, 2.24) is 15.1 Å². The predicted octanol–water partition coefficient (Wildman–Crippen LogP) is -1.07. The van der Waals surface area contributed by atoms with Crippen molar-refractivity contribution in [3.8, 4) is 0 Å². The highest BCUT2D eigenvalue weighted by molar-refractivity contribution is 5.86. The molecule has 0 saturated carbocycles. The van der Waals surface area contributed by atoms with Gasteiger partial charge >= 0.3 is 18.0 Å². The summed E-state index contributed by atoms with van der Waals surface area (Å²) in [5.41, 5.74) is 0. The van der Waals surface area contributed by atoms with Crippen molar-refractivity contribution in [2.24, 2.45) is 0 Å². The summed E-state index contributed by atoms with van der Waals surface area (Å²) in [5, 5.41) is 19.8. The van der Waals surface area contributed by atoms with Crippen LogP contribution in [0.5, 0.6) is 0 Å². The van der Waals surface area contributed by atoms with E-state index in [1.807, 2.05) is 0 Å². The van der Waals surface area contributed by atoms with Gasteiger partial charge in [-0.2, -0.15) is 0 Å². The highest BCUT2D eigenvalue weighted by Gasteiger charge is 2.37. The second-order valence-corrected chi connectivity index (χ2v) is 5.16. The molecule has 3 N–H and O–H groups in total. The molecule has 2 aliphatic heterocycles. The van der Waals surface area contributed by atoms with Crippen molar-refractivity contribution in [3.63, 3.8) is 0 Å². The molecule has 2 atom stereocenters. The minimum absolute atomic E-state index is 0.0280. The van der Waals surface area contributed by atoms with Crippen molar-refractivity contribution in [1.29, 1.82) is 0 Å². The van der Waals surface area contributed by atoms with Crippen LogP contribution in [0.1, 0.15) is 19.3 Å². The van der Waals surface area contributed by atoms with Gasteiger partial charge in [0.05, 0.1) is 6.42 Å². The molecule has 0 radical (unpaired) electrons. The lowest BCUT2D eigenvalue weighted by Gasteiger charge is -2.37. The van der Waals surface area contributed by atoms with Gasteiger partial charge < -0.3 is 25.3 Å². The van der Waals surface area contributed by atoms with Crippen molar-refractivity contribution in [3.05, 3.63) is 0 Å². The quantitative estimate of drug-likeness (QED) is 0.606. The first kappa shape index (κ1) is 15.1. The molecule has 1 unspecified atom stereocenters. The number of carboxylic acid groups (broad SMARTS) is 2. The average molecular weight is 299 g/mol. The van der Waals surface area contributed by atoms with E-state index in [9.17, 15) is 19.2 Å². The molecule has 3 amide bonds. The fourth-order valence-corrected chi connectivity index (χ4v) is 2.66. The molecule has 2 aliphatic rings. The summed E-state index contributed by atoms with van der Waals surface area (Å²) in [6.45, 7) is 1.08. The number of urea groups is 1. The topological polar surface area (TPSA) is 127 Å². The number of carboxylic acids is 2. The van der Waals surface area contributed by atoms with E-state index in [-0.39, 0.29) is 11.9 Å². The normalized spacial score (nSPS) is 22.7. The lowest BCUT2D eigenvalue weighted by molar-refractivity contribution is -0.145. The number of rotatable bonds is 4. The maximum Gasteiger partial charge on any atom is 0.326 e. The van der Waals surface area contributed by atoms with Crippen LogP contribution in [0.25, 0.3) is 0 Å². The number of nitrogens with zero attached hydrogens (tertiary/aromatic N) is 2. The Morgan fingerprint density at radius 3 is 2.62 bits per heavy atom. The standard InChI is InChI=1S/C12H17N3O6/c16-9-2-1-7-6-14(3-4-15(7)9)12(21)13-8(11(19)20)5-10(17)18/h7-8H,1-6H2,(H,13,21)(H,17,18)(H,19,20)/t7?,8-/m0/s1. The third-order valence-corrected chi connectivity index (χ3v) is 3.76. The van der Waals surface area contributed by atoms with E-state index in [1.165, 1.54) is 4.90 Å². The van der Waals surface area contributed by atoms with E-state index in [2.05, 4.69) is 5.32 Å². The molecular formula is C12H17N3O6. The molecule has 0 bridgehead atoms. The van der Waals surface area contributed by atoms with E-state index < -0.39 is 30.4 Å². The van der Waals surface area contributed by atoms with Crippen LogP contribution in [0.2, 0.25) is 0 Å². The van der Waals surface area contributed by atoms with Crippen LogP contribution in [-0.4, -0.2) is 75.6 Å². The third kappa shape index (κ3) is 3.41. The number of piperazine rings is 1. The summed E-state index contributed by atoms with van der Waals surface area (Å²) in [6, 6.07) is -2.10. The van der Waals surface area contributed by atoms with Crippen LogP contribution in [0.15, 0.2) is 0 Å². The third-order valence-electron chi connectivity index (χ3n) is 3.76. The summed E-state index contributed by atoms with van der Waals surface area (Å²) in [7, 11) is 0. The van der Waals surface area contributed by atoms with E-state index in [0.717, 1.165) is 0 Å². The predicted molar refractivity (Wildman–Crippen MR) is 68.5 cm³/mol. The van der Waals surface area contributed by atoms with Crippen molar-refractivity contribution in [2.75, 3.05) is 19.6 Å². The van der Waals surface area contributed by atoms with Gasteiger partial charge in [-0.25, -0.2) is 9.59 Å². The minimum atomic E-state index is -1.46. The van der Waals surface area contributed by atoms with Crippen LogP contribution in [0, 0.1) is 0 Å². The maximum atomic E-state index is 12.0. The Labute approximate surface area is 120 Å². The van der Waals surface area contributed by atoms with Crippen molar-refractivity contribution >= 4 is 23.9 Å². The van der Waals surface area contributed by atoms with E-state index in [1.54, 1.807) is 4.90 Å². The van der Waals surface area contributed by atoms with Crippen LogP contribution in [0.4, 0.5) is 4.79 Å². The fourth-order valence-electron chi connectivity index (χ4n) is 2.66. The summed E-state index contributed by atoms with van der Waals surface area (Å²) in [6.07, 6.45) is 0.472. The molecular weight excluding hydrogens is 282 g/mol. The Balaban J connectivity index is 1.92.